The first-order valence-electron chi connectivity index (χ1n) is 11.1. The molecule has 4 aromatic rings. The second kappa shape index (κ2) is 10.1. The Morgan fingerprint density at radius 3 is 2.46 bits per heavy atom. The van der Waals surface area contributed by atoms with Crippen LogP contribution in [0.3, 0.4) is 0 Å². The molecule has 178 valence electrons. The summed E-state index contributed by atoms with van der Waals surface area (Å²) in [6.07, 6.45) is -0.377. The Morgan fingerprint density at radius 2 is 1.69 bits per heavy atom. The minimum absolute atomic E-state index is 0.137. The second-order valence-corrected chi connectivity index (χ2v) is 9.26. The lowest BCUT2D eigenvalue weighted by molar-refractivity contribution is -0.115. The standard InChI is InChI=1S/C26H24N4O4S/c1-17(25(31)27-18-12-14-20(15-13-18)33-19-8-4-3-5-9-19)35-26-29-28-24(30(26)2)23-16-32-21-10-6-7-11-22(21)34-23/h3-15,17,23H,16H2,1-2H3,(H,27,31). The van der Waals surface area contributed by atoms with Crippen LogP contribution in [0.2, 0.25) is 0 Å². The van der Waals surface area contributed by atoms with E-state index in [0.29, 0.717) is 40.5 Å². The third kappa shape index (κ3) is 5.25. The van der Waals surface area contributed by atoms with E-state index in [1.54, 1.807) is 0 Å². The molecule has 0 fully saturated rings. The second-order valence-electron chi connectivity index (χ2n) is 7.95. The molecule has 0 saturated heterocycles. The van der Waals surface area contributed by atoms with Gasteiger partial charge in [-0.1, -0.05) is 42.1 Å². The molecule has 1 aliphatic heterocycles. The molecule has 2 atom stereocenters. The first kappa shape index (κ1) is 22.8. The molecule has 1 aromatic heterocycles. The van der Waals surface area contributed by atoms with Crippen molar-refractivity contribution in [2.45, 2.75) is 23.4 Å². The number of carbonyl (C=O) groups is 1. The summed E-state index contributed by atoms with van der Waals surface area (Å²) >= 11 is 1.33. The fourth-order valence-corrected chi connectivity index (χ4v) is 4.36. The summed E-state index contributed by atoms with van der Waals surface area (Å²) in [7, 11) is 1.86. The molecule has 0 radical (unpaired) electrons. The SMILES string of the molecule is CC(Sc1nnc(C2COc3ccccc3O2)n1C)C(=O)Nc1ccc(Oc2ccccc2)cc1. The highest BCUT2D eigenvalue weighted by molar-refractivity contribution is 8.00. The van der Waals surface area contributed by atoms with E-state index >= 15 is 0 Å². The number of hydrogen-bond donors (Lipinski definition) is 1. The highest BCUT2D eigenvalue weighted by Gasteiger charge is 2.28. The minimum atomic E-state index is -0.393. The largest absolute Gasteiger partial charge is 0.485 e. The van der Waals surface area contributed by atoms with Crippen LogP contribution >= 0.6 is 11.8 Å². The van der Waals surface area contributed by atoms with E-state index in [0.717, 1.165) is 5.75 Å². The molecule has 2 unspecified atom stereocenters. The van der Waals surface area contributed by atoms with Crippen LogP contribution in [0.15, 0.2) is 84.0 Å². The summed E-state index contributed by atoms with van der Waals surface area (Å²) in [6.45, 7) is 2.17. The van der Waals surface area contributed by atoms with Gasteiger partial charge in [0.1, 0.15) is 18.1 Å². The molecule has 3 aromatic carbocycles. The normalized spacial score (nSPS) is 15.3. The number of hydrogen-bond acceptors (Lipinski definition) is 7. The van der Waals surface area contributed by atoms with Crippen molar-refractivity contribution in [3.05, 3.63) is 84.7 Å². The van der Waals surface area contributed by atoms with Gasteiger partial charge in [-0.25, -0.2) is 0 Å². The smallest absolute Gasteiger partial charge is 0.237 e. The van der Waals surface area contributed by atoms with Gasteiger partial charge in [0.15, 0.2) is 28.6 Å². The third-order valence-corrected chi connectivity index (χ3v) is 6.55. The number of para-hydroxylation sites is 3. The summed E-state index contributed by atoms with van der Waals surface area (Å²) in [5.41, 5.74) is 0.688. The summed E-state index contributed by atoms with van der Waals surface area (Å²) in [4.78, 5) is 12.8. The molecular weight excluding hydrogens is 464 g/mol. The zero-order valence-corrected chi connectivity index (χ0v) is 20.1. The number of amides is 1. The number of carbonyl (C=O) groups excluding carboxylic acids is 1. The van der Waals surface area contributed by atoms with Gasteiger partial charge in [-0.15, -0.1) is 10.2 Å². The molecule has 9 heteroatoms. The third-order valence-electron chi connectivity index (χ3n) is 5.42. The van der Waals surface area contributed by atoms with Crippen molar-refractivity contribution in [3.63, 3.8) is 0 Å². The first-order chi connectivity index (χ1) is 17.1. The van der Waals surface area contributed by atoms with E-state index in [1.807, 2.05) is 97.4 Å². The van der Waals surface area contributed by atoms with Crippen LogP contribution < -0.4 is 19.5 Å². The number of nitrogens with zero attached hydrogens (tertiary/aromatic N) is 3. The Labute approximate surface area is 207 Å². The summed E-state index contributed by atoms with van der Waals surface area (Å²) < 4.78 is 19.5. The van der Waals surface area contributed by atoms with E-state index in [-0.39, 0.29) is 12.0 Å². The fraction of sp³-hybridized carbons (Fsp3) is 0.192. The molecule has 1 amide bonds. The zero-order chi connectivity index (χ0) is 24.2. The van der Waals surface area contributed by atoms with Crippen LogP contribution in [0.5, 0.6) is 23.0 Å². The summed E-state index contributed by atoms with van der Waals surface area (Å²) in [6, 6.07) is 24.3. The van der Waals surface area contributed by atoms with Gasteiger partial charge >= 0.3 is 0 Å². The van der Waals surface area contributed by atoms with E-state index in [9.17, 15) is 4.79 Å². The average Bonchev–Trinajstić information content (AvgIpc) is 3.25. The lowest BCUT2D eigenvalue weighted by Crippen LogP contribution is -2.25. The van der Waals surface area contributed by atoms with Gasteiger partial charge < -0.3 is 24.1 Å². The van der Waals surface area contributed by atoms with E-state index < -0.39 is 5.25 Å². The fourth-order valence-electron chi connectivity index (χ4n) is 3.54. The van der Waals surface area contributed by atoms with Crippen molar-refractivity contribution in [2.75, 3.05) is 11.9 Å². The van der Waals surface area contributed by atoms with Crippen molar-refractivity contribution in [3.8, 4) is 23.0 Å². The number of ether oxygens (including phenoxy) is 3. The van der Waals surface area contributed by atoms with E-state index in [4.69, 9.17) is 14.2 Å². The first-order valence-corrected chi connectivity index (χ1v) is 12.0. The number of benzene rings is 3. The molecule has 0 saturated carbocycles. The van der Waals surface area contributed by atoms with Crippen molar-refractivity contribution in [1.29, 1.82) is 0 Å². The molecule has 1 N–H and O–H groups in total. The van der Waals surface area contributed by atoms with Gasteiger partial charge in [0, 0.05) is 12.7 Å². The molecule has 0 spiro atoms. The van der Waals surface area contributed by atoms with Gasteiger partial charge in [0.2, 0.25) is 5.91 Å². The maximum Gasteiger partial charge on any atom is 0.237 e. The summed E-state index contributed by atoms with van der Waals surface area (Å²) in [5.74, 6) is 3.34. The van der Waals surface area contributed by atoms with Gasteiger partial charge in [-0.2, -0.15) is 0 Å². The van der Waals surface area contributed by atoms with Crippen LogP contribution in [0.1, 0.15) is 18.9 Å². The molecule has 35 heavy (non-hydrogen) atoms. The van der Waals surface area contributed by atoms with Gasteiger partial charge in [-0.05, 0) is 55.5 Å². The number of nitrogens with one attached hydrogen (secondary N) is 1. The van der Waals surface area contributed by atoms with Crippen molar-refractivity contribution < 1.29 is 19.0 Å². The van der Waals surface area contributed by atoms with E-state index in [1.165, 1.54) is 11.8 Å². The Morgan fingerprint density at radius 1 is 1.00 bits per heavy atom. The molecule has 0 aliphatic carbocycles. The molecule has 0 bridgehead atoms. The predicted octanol–water partition coefficient (Wildman–Crippen LogP) is 5.24. The molecule has 8 nitrogen and oxygen atoms in total. The minimum Gasteiger partial charge on any atom is -0.485 e. The van der Waals surface area contributed by atoms with E-state index in [2.05, 4.69) is 15.5 Å². The van der Waals surface area contributed by atoms with Crippen LogP contribution in [0.4, 0.5) is 5.69 Å². The molecule has 1 aliphatic rings. The predicted molar refractivity (Wildman–Crippen MR) is 133 cm³/mol. The average molecular weight is 489 g/mol. The lowest BCUT2D eigenvalue weighted by Gasteiger charge is -2.25. The highest BCUT2D eigenvalue weighted by atomic mass is 32.2. The Bertz CT molecular complexity index is 1310. The number of rotatable bonds is 7. The number of fused-ring (bicyclic) bond motifs is 1. The highest BCUT2D eigenvalue weighted by Crippen LogP contribution is 2.36. The van der Waals surface area contributed by atoms with Crippen molar-refractivity contribution >= 4 is 23.4 Å². The van der Waals surface area contributed by atoms with Gasteiger partial charge in [0.25, 0.3) is 0 Å². The zero-order valence-electron chi connectivity index (χ0n) is 19.3. The maximum absolute atomic E-state index is 12.8. The molecular formula is C26H24N4O4S. The van der Waals surface area contributed by atoms with Crippen LogP contribution in [-0.2, 0) is 11.8 Å². The molecule has 2 heterocycles. The van der Waals surface area contributed by atoms with Crippen molar-refractivity contribution in [1.82, 2.24) is 14.8 Å². The van der Waals surface area contributed by atoms with Gasteiger partial charge in [0.05, 0.1) is 5.25 Å². The summed E-state index contributed by atoms with van der Waals surface area (Å²) in [5, 5.41) is 11.7. The maximum atomic E-state index is 12.8. The van der Waals surface area contributed by atoms with Gasteiger partial charge in [-0.3, -0.25) is 4.79 Å². The number of anilines is 1. The lowest BCUT2D eigenvalue weighted by atomic mass is 10.2. The van der Waals surface area contributed by atoms with Crippen LogP contribution in [0.25, 0.3) is 0 Å². The number of thioether (sulfide) groups is 1. The Hall–Kier alpha value is -3.98. The Kier molecular flexibility index (Phi) is 6.58. The van der Waals surface area contributed by atoms with Crippen molar-refractivity contribution in [2.24, 2.45) is 7.05 Å². The Balaban J connectivity index is 1.18. The monoisotopic (exact) mass is 488 g/mol. The molecule has 5 rings (SSSR count). The van der Waals surface area contributed by atoms with Crippen LogP contribution in [-0.4, -0.2) is 32.5 Å². The topological polar surface area (TPSA) is 87.5 Å². The van der Waals surface area contributed by atoms with Crippen LogP contribution in [0, 0.1) is 0 Å². The number of aromatic nitrogens is 3. The quantitative estimate of drug-likeness (QED) is 0.356.